The Hall–Kier alpha value is 0.680. The van der Waals surface area contributed by atoms with Gasteiger partial charge in [0, 0.05) is 5.75 Å². The first-order valence-electron chi connectivity index (χ1n) is 3.45. The summed E-state index contributed by atoms with van der Waals surface area (Å²) >= 11 is 2.33. The van der Waals surface area contributed by atoms with E-state index in [-0.39, 0.29) is 0 Å². The van der Waals surface area contributed by atoms with E-state index in [1.165, 1.54) is 17.3 Å². The van der Waals surface area contributed by atoms with Crippen molar-refractivity contribution in [3.8, 4) is 0 Å². The molecule has 0 rings (SSSR count). The Bertz CT molecular complexity index is 126. The van der Waals surface area contributed by atoms with E-state index in [1.807, 2.05) is 0 Å². The maximum Gasteiger partial charge on any atom is 0.140 e. The second kappa shape index (κ2) is 7.78. The minimum atomic E-state index is -2.12. The van der Waals surface area contributed by atoms with Crippen LogP contribution in [0.3, 0.4) is 0 Å². The van der Waals surface area contributed by atoms with Gasteiger partial charge in [-0.3, -0.25) is 0 Å². The third-order valence-corrected chi connectivity index (χ3v) is 2.67. The molecule has 0 bridgehead atoms. The molecule has 0 fully saturated rings. The monoisotopic (exact) mass is 276 g/mol. The predicted octanol–water partition coefficient (Wildman–Crippen LogP) is 1.59. The Morgan fingerprint density at radius 2 is 1.60 bits per heavy atom. The molecule has 0 atom stereocenters. The van der Waals surface area contributed by atoms with Crippen molar-refractivity contribution in [3.63, 3.8) is 0 Å². The van der Waals surface area contributed by atoms with Crippen molar-refractivity contribution in [1.29, 1.82) is 0 Å². The average molecular weight is 276 g/mol. The van der Waals surface area contributed by atoms with Crippen LogP contribution in [0.4, 0.5) is 0 Å². The highest BCUT2D eigenvalue weighted by Gasteiger charge is 1.89. The van der Waals surface area contributed by atoms with Gasteiger partial charge < -0.3 is 0 Å². The molecule has 0 saturated heterocycles. The molecule has 2 nitrogen and oxygen atoms in total. The molecule has 0 heterocycles. The first-order chi connectivity index (χ1) is 4.77. The van der Waals surface area contributed by atoms with Crippen LogP contribution >= 0.6 is 22.6 Å². The van der Waals surface area contributed by atoms with E-state index in [0.29, 0.717) is 5.75 Å². The lowest BCUT2D eigenvalue weighted by molar-refractivity contribution is 0.607. The van der Waals surface area contributed by atoms with E-state index >= 15 is 0 Å². The minimum Gasteiger partial charge on any atom is -0.232 e. The molecule has 0 aliphatic heterocycles. The topological polar surface area (TPSA) is 34.1 Å². The van der Waals surface area contributed by atoms with Crippen molar-refractivity contribution in [3.05, 3.63) is 0 Å². The smallest absolute Gasteiger partial charge is 0.140 e. The SMILES string of the molecule is O=[SH](=O)CCCCCCI. The van der Waals surface area contributed by atoms with Crippen LogP contribution in [0.2, 0.25) is 0 Å². The minimum absolute atomic E-state index is 0.372. The molecule has 0 N–H and O–H groups in total. The molecule has 0 aliphatic rings. The number of hydrogen-bond acceptors (Lipinski definition) is 2. The molecular weight excluding hydrogens is 263 g/mol. The molecule has 0 radical (unpaired) electrons. The summed E-state index contributed by atoms with van der Waals surface area (Å²) in [4.78, 5) is 0. The Labute approximate surface area is 77.5 Å². The first kappa shape index (κ1) is 10.7. The molecule has 0 aliphatic carbocycles. The van der Waals surface area contributed by atoms with Crippen LogP contribution in [-0.2, 0) is 10.7 Å². The van der Waals surface area contributed by atoms with E-state index in [2.05, 4.69) is 22.6 Å². The standard InChI is InChI=1S/C6H13IO2S/c7-5-3-1-2-4-6-10(8)9/h10H,1-6H2. The lowest BCUT2D eigenvalue weighted by Gasteiger charge is -1.93. The summed E-state index contributed by atoms with van der Waals surface area (Å²) in [5, 5.41) is 0. The number of thiol groups is 1. The van der Waals surface area contributed by atoms with E-state index in [9.17, 15) is 8.42 Å². The van der Waals surface area contributed by atoms with Gasteiger partial charge in [0.2, 0.25) is 0 Å². The van der Waals surface area contributed by atoms with Gasteiger partial charge in [0.15, 0.2) is 0 Å². The van der Waals surface area contributed by atoms with Gasteiger partial charge in [-0.15, -0.1) is 0 Å². The maximum atomic E-state index is 10.1. The van der Waals surface area contributed by atoms with Gasteiger partial charge in [0.25, 0.3) is 0 Å². The molecule has 0 aromatic carbocycles. The lowest BCUT2D eigenvalue weighted by atomic mass is 10.2. The highest BCUT2D eigenvalue weighted by Crippen LogP contribution is 2.01. The van der Waals surface area contributed by atoms with Crippen molar-refractivity contribution in [2.24, 2.45) is 0 Å². The average Bonchev–Trinajstić information content (AvgIpc) is 1.87. The number of alkyl halides is 1. The van der Waals surface area contributed by atoms with Crippen LogP contribution in [0.1, 0.15) is 25.7 Å². The van der Waals surface area contributed by atoms with Gasteiger partial charge in [-0.2, -0.15) is 0 Å². The van der Waals surface area contributed by atoms with Gasteiger partial charge in [-0.25, -0.2) is 8.42 Å². The zero-order chi connectivity index (χ0) is 7.82. The molecule has 10 heavy (non-hydrogen) atoms. The van der Waals surface area contributed by atoms with Crippen LogP contribution in [0.15, 0.2) is 0 Å². The fraction of sp³-hybridized carbons (Fsp3) is 1.00. The molecular formula is C6H13IO2S. The summed E-state index contributed by atoms with van der Waals surface area (Å²) in [6, 6.07) is 0. The fourth-order valence-corrected chi connectivity index (χ4v) is 1.71. The molecule has 4 heteroatoms. The Morgan fingerprint density at radius 3 is 2.10 bits per heavy atom. The van der Waals surface area contributed by atoms with E-state index < -0.39 is 10.7 Å². The fourth-order valence-electron chi connectivity index (χ4n) is 0.689. The largest absolute Gasteiger partial charge is 0.232 e. The quantitative estimate of drug-likeness (QED) is 0.346. The van der Waals surface area contributed by atoms with E-state index in [1.54, 1.807) is 0 Å². The third-order valence-electron chi connectivity index (χ3n) is 1.22. The summed E-state index contributed by atoms with van der Waals surface area (Å²) in [6.45, 7) is 0. The lowest BCUT2D eigenvalue weighted by Crippen LogP contribution is -1.87. The molecule has 62 valence electrons. The van der Waals surface area contributed by atoms with Gasteiger partial charge >= 0.3 is 0 Å². The molecule has 0 aromatic heterocycles. The highest BCUT2D eigenvalue weighted by molar-refractivity contribution is 14.1. The van der Waals surface area contributed by atoms with Crippen molar-refractivity contribution in [1.82, 2.24) is 0 Å². The molecule has 0 spiro atoms. The number of rotatable bonds is 6. The number of hydrogen-bond donors (Lipinski definition) is 1. The van der Waals surface area contributed by atoms with E-state index in [0.717, 1.165) is 12.8 Å². The Kier molecular flexibility index (Phi) is 8.31. The van der Waals surface area contributed by atoms with Crippen LogP contribution in [0, 0.1) is 0 Å². The Balaban J connectivity index is 2.91. The van der Waals surface area contributed by atoms with Gasteiger partial charge in [-0.1, -0.05) is 35.4 Å². The zero-order valence-electron chi connectivity index (χ0n) is 5.88. The van der Waals surface area contributed by atoms with Gasteiger partial charge in [0.05, 0.1) is 0 Å². The number of unbranched alkanes of at least 4 members (excludes halogenated alkanes) is 3. The van der Waals surface area contributed by atoms with Crippen molar-refractivity contribution < 1.29 is 8.42 Å². The Morgan fingerprint density at radius 1 is 1.00 bits per heavy atom. The molecule has 0 unspecified atom stereocenters. The zero-order valence-corrected chi connectivity index (χ0v) is 8.94. The van der Waals surface area contributed by atoms with Crippen LogP contribution < -0.4 is 0 Å². The normalized spacial score (nSPS) is 10.6. The highest BCUT2D eigenvalue weighted by atomic mass is 127. The predicted molar refractivity (Wildman–Crippen MR) is 52.5 cm³/mol. The van der Waals surface area contributed by atoms with E-state index in [4.69, 9.17) is 0 Å². The number of halogens is 1. The third kappa shape index (κ3) is 8.68. The summed E-state index contributed by atoms with van der Waals surface area (Å²) in [7, 11) is -2.12. The summed E-state index contributed by atoms with van der Waals surface area (Å²) in [5.74, 6) is 0.372. The van der Waals surface area contributed by atoms with Gasteiger partial charge in [-0.05, 0) is 17.3 Å². The second-order valence-electron chi connectivity index (χ2n) is 2.16. The van der Waals surface area contributed by atoms with Gasteiger partial charge in [0.1, 0.15) is 10.7 Å². The molecule has 0 aromatic rings. The molecule has 0 amide bonds. The van der Waals surface area contributed by atoms with Crippen molar-refractivity contribution >= 4 is 33.3 Å². The van der Waals surface area contributed by atoms with Crippen molar-refractivity contribution in [2.45, 2.75) is 25.7 Å². The van der Waals surface area contributed by atoms with Crippen LogP contribution in [-0.4, -0.2) is 18.6 Å². The van der Waals surface area contributed by atoms with Crippen LogP contribution in [0.5, 0.6) is 0 Å². The summed E-state index contributed by atoms with van der Waals surface area (Å²) < 4.78 is 21.3. The second-order valence-corrected chi connectivity index (χ2v) is 4.35. The maximum absolute atomic E-state index is 10.1. The summed E-state index contributed by atoms with van der Waals surface area (Å²) in [5.41, 5.74) is 0. The first-order valence-corrected chi connectivity index (χ1v) is 6.34. The van der Waals surface area contributed by atoms with Crippen molar-refractivity contribution in [2.75, 3.05) is 10.2 Å². The molecule has 0 saturated carbocycles. The van der Waals surface area contributed by atoms with Crippen LogP contribution in [0.25, 0.3) is 0 Å². The summed E-state index contributed by atoms with van der Waals surface area (Å²) in [6.07, 6.45) is 4.30.